The number of benzene rings is 4. The number of carbonyl (C=O) groups excluding carboxylic acids is 5. The molecule has 3 amide bonds. The molecule has 4 saturated carbocycles. The average Bonchev–Trinajstić information content (AvgIpc) is 1.57. The number of fused-ring (bicyclic) bond motifs is 6. The summed E-state index contributed by atoms with van der Waals surface area (Å²) in [5, 5.41) is 17.9. The maximum absolute atomic E-state index is 14.6. The summed E-state index contributed by atoms with van der Waals surface area (Å²) in [6.07, 6.45) is 19.8. The molecule has 101 heavy (non-hydrogen) atoms. The first kappa shape index (κ1) is 74.7. The number of allylic oxidation sites excluding steroid dienone is 4. The van der Waals surface area contributed by atoms with Crippen LogP contribution in [-0.2, 0) is 61.7 Å². The molecule has 0 bridgehead atoms. The third kappa shape index (κ3) is 17.5. The molecule has 2 aromatic heterocycles. The van der Waals surface area contributed by atoms with Gasteiger partial charge in [-0.2, -0.15) is 0 Å². The van der Waals surface area contributed by atoms with Crippen LogP contribution in [0.3, 0.4) is 0 Å². The summed E-state index contributed by atoms with van der Waals surface area (Å²) in [6.45, 7) is 3.73. The molecule has 4 aliphatic carbocycles. The number of ketones is 2. The van der Waals surface area contributed by atoms with Gasteiger partial charge in [0.25, 0.3) is 10.4 Å². The van der Waals surface area contributed by atoms with E-state index in [1.165, 1.54) is 22.7 Å². The highest BCUT2D eigenvalue weighted by Crippen LogP contribution is 2.59. The molecule has 540 valence electrons. The number of Topliss-reactive ketones (excluding diaryl/α,β-unsaturated/α-hetero) is 2. The van der Waals surface area contributed by atoms with E-state index in [0.717, 1.165) is 95.8 Å². The number of halogens is 4. The van der Waals surface area contributed by atoms with E-state index in [9.17, 15) is 50.7 Å². The minimum Gasteiger partial charge on any atom is -0.481 e. The van der Waals surface area contributed by atoms with Gasteiger partial charge in [-0.05, 0) is 187 Å². The van der Waals surface area contributed by atoms with Crippen molar-refractivity contribution in [1.82, 2.24) is 24.5 Å². The molecule has 8 aliphatic rings. The van der Waals surface area contributed by atoms with Crippen LogP contribution in [0.15, 0.2) is 109 Å². The highest BCUT2D eigenvalue weighted by molar-refractivity contribution is 7.91. The zero-order valence-corrected chi connectivity index (χ0v) is 62.6. The molecular weight excluding hydrogens is 1450 g/mol. The van der Waals surface area contributed by atoms with Gasteiger partial charge in [-0.3, -0.25) is 33.5 Å². The Hall–Kier alpha value is -6.02. The predicted molar refractivity (Wildman–Crippen MR) is 393 cm³/mol. The summed E-state index contributed by atoms with van der Waals surface area (Å²) in [6, 6.07) is 24.5. The SMILES string of the molecule is CC1(S(=O)(=O)NC(=O)[C@]23CC(=O)[C@@H]4C[C@@H](Oc5nc6ccccc6s5)CN4C(=O)[C@@H](Cc4cc(Cl)cc(Cl)c4)CCCCC/C=C\[C@@H]2C3)CC1.CC1(S(N)(=O)=O)CC1.O=C1C[C@]2(C(=O)O)C[C@H]2/C=C\CCCCC[C@H](Cc2cc(Cl)cc(Cl)c2)C(=O)N2C[C@H](Oc3nc4ccccc4s3)C[C@@H]12. The second-order valence-electron chi connectivity index (χ2n) is 29.3. The van der Waals surface area contributed by atoms with Crippen molar-refractivity contribution in [2.45, 2.75) is 189 Å². The van der Waals surface area contributed by atoms with Gasteiger partial charge in [-0.1, -0.05) is 143 Å². The molecular formula is C74H84Cl4N6O13S4. The first-order valence-electron chi connectivity index (χ1n) is 34.8. The lowest BCUT2D eigenvalue weighted by Crippen LogP contribution is -2.47. The first-order chi connectivity index (χ1) is 48.0. The molecule has 10 atom stereocenters. The molecule has 0 radical (unpaired) electrons. The molecule has 14 rings (SSSR count). The second-order valence-corrected chi connectivity index (χ2v) is 37.3. The van der Waals surface area contributed by atoms with Gasteiger partial charge in [0, 0.05) is 57.6 Å². The van der Waals surface area contributed by atoms with Gasteiger partial charge in [0.15, 0.2) is 11.6 Å². The number of nitrogens with one attached hydrogen (secondary N) is 1. The quantitative estimate of drug-likeness (QED) is 0.0906. The third-order valence-electron chi connectivity index (χ3n) is 21.6. The van der Waals surface area contributed by atoms with Crippen molar-refractivity contribution in [3.05, 3.63) is 140 Å². The summed E-state index contributed by atoms with van der Waals surface area (Å²) >= 11 is 28.1. The lowest BCUT2D eigenvalue weighted by Gasteiger charge is -2.29. The van der Waals surface area contributed by atoms with E-state index in [1.54, 1.807) is 35.8 Å². The van der Waals surface area contributed by atoms with E-state index in [1.807, 2.05) is 91.0 Å². The van der Waals surface area contributed by atoms with E-state index in [0.29, 0.717) is 88.3 Å². The lowest BCUT2D eigenvalue weighted by atomic mass is 9.90. The standard InChI is InChI=1S/C37H41Cl2N3O6S2.C33H34Cl2N2O5S.C4H9NO2S/c1-36(13-14-36)50(46,47)41-34(45)37-20-25(37)10-6-4-2-3-5-9-24(15-23-16-26(38)18-27(39)17-23)33(44)42-22-28(19-30(42)31(43)21-37)48-35-40-29-11-7-8-12-32(29)49-35;34-23-13-20(14-24(35)15-23)12-21-8-4-2-1-3-5-9-22-17-33(22,31(40)41)18-28(38)27-16-25(19-37(27)30(21)39)42-32-36-26-10-6-7-11-29(26)43-32;1-4(2-3-4)8(5,6)7/h6-8,10-12,16-18,24-25,28,30H,2-5,9,13-15,19-22H2,1H3,(H,41,45);5-7,9-11,13-15,21-22,25,27H,1-4,8,12,16-19H2,(H,40,41);2-3H2,1H3,(H2,5,6,7)/b10-6-;9-5-;/t24-,25-,28-,30+,37-;21-,22-,25-,27+,33-;/m11./s1. The van der Waals surface area contributed by atoms with Crippen molar-refractivity contribution in [3.63, 3.8) is 0 Å². The Bertz CT molecular complexity index is 4360. The van der Waals surface area contributed by atoms with Gasteiger partial charge >= 0.3 is 5.97 Å². The fourth-order valence-electron chi connectivity index (χ4n) is 14.6. The summed E-state index contributed by atoms with van der Waals surface area (Å²) < 4.78 is 62.7. The van der Waals surface area contributed by atoms with Gasteiger partial charge in [0.1, 0.15) is 12.2 Å². The molecule has 0 unspecified atom stereocenters. The van der Waals surface area contributed by atoms with E-state index < -0.39 is 82.5 Å². The van der Waals surface area contributed by atoms with Crippen molar-refractivity contribution >= 4 is 145 Å². The normalized spacial score (nSPS) is 28.7. The highest BCUT2D eigenvalue weighted by Gasteiger charge is 2.64. The van der Waals surface area contributed by atoms with Crippen LogP contribution in [0.4, 0.5) is 0 Å². The van der Waals surface area contributed by atoms with E-state index in [4.69, 9.17) is 61.0 Å². The number of thiazole rings is 2. The Morgan fingerprint density at radius 2 is 1.02 bits per heavy atom. The zero-order chi connectivity index (χ0) is 71.8. The maximum atomic E-state index is 14.6. The molecule has 27 heteroatoms. The molecule has 6 aromatic rings. The predicted octanol–water partition coefficient (Wildman–Crippen LogP) is 14.5. The summed E-state index contributed by atoms with van der Waals surface area (Å²) in [4.78, 5) is 96.1. The van der Waals surface area contributed by atoms with Crippen LogP contribution < -0.4 is 19.3 Å². The molecule has 4 N–H and O–H groups in total. The van der Waals surface area contributed by atoms with Crippen molar-refractivity contribution in [2.75, 3.05) is 13.1 Å². The van der Waals surface area contributed by atoms with Gasteiger partial charge in [0.05, 0.1) is 65.9 Å². The van der Waals surface area contributed by atoms with Gasteiger partial charge in [-0.25, -0.2) is 31.9 Å². The van der Waals surface area contributed by atoms with E-state index >= 15 is 0 Å². The minimum absolute atomic E-state index is 0.103. The number of hydrogen-bond donors (Lipinski definition) is 3. The Kier molecular flexibility index (Phi) is 22.6. The minimum atomic E-state index is -3.90. The first-order valence-corrected chi connectivity index (χ1v) is 41.0. The van der Waals surface area contributed by atoms with Gasteiger partial charge in [-0.15, -0.1) is 0 Å². The summed E-state index contributed by atoms with van der Waals surface area (Å²) in [7, 11) is -7.13. The van der Waals surface area contributed by atoms with Crippen molar-refractivity contribution in [1.29, 1.82) is 0 Å². The van der Waals surface area contributed by atoms with Crippen molar-refractivity contribution < 1.29 is 60.2 Å². The van der Waals surface area contributed by atoms with Crippen LogP contribution >= 0.6 is 69.1 Å². The largest absolute Gasteiger partial charge is 0.481 e. The topological polar surface area (TPSA) is 280 Å². The highest BCUT2D eigenvalue weighted by atomic mass is 35.5. The molecule has 4 aliphatic heterocycles. The Balaban J connectivity index is 0.000000173. The molecule has 0 spiro atoms. The number of rotatable bonds is 13. The molecule has 6 heterocycles. The summed E-state index contributed by atoms with van der Waals surface area (Å²) in [5.74, 6) is -3.59. The molecule has 6 fully saturated rings. The van der Waals surface area contributed by atoms with Crippen LogP contribution in [0.5, 0.6) is 10.4 Å². The number of amides is 3. The van der Waals surface area contributed by atoms with Crippen LogP contribution in [0, 0.1) is 34.5 Å². The zero-order valence-electron chi connectivity index (χ0n) is 56.3. The Morgan fingerprint density at radius 3 is 1.43 bits per heavy atom. The number of carbonyl (C=O) groups is 6. The third-order valence-corrected chi connectivity index (χ3v) is 28.3. The number of ether oxygens (including phenoxy) is 2. The molecule has 19 nitrogen and oxygen atoms in total. The number of nitrogens with zero attached hydrogens (tertiary/aromatic N) is 4. The fourth-order valence-corrected chi connectivity index (χ4v) is 19.5. The number of carboxylic acids is 1. The van der Waals surface area contributed by atoms with Crippen LogP contribution in [-0.4, -0.2) is 124 Å². The fraction of sp³-hybridized carbons (Fsp3) is 0.514. The lowest BCUT2D eigenvalue weighted by molar-refractivity contribution is -0.147. The van der Waals surface area contributed by atoms with Crippen molar-refractivity contribution in [2.24, 2.45) is 39.6 Å². The number of nitrogens with two attached hydrogens (primary N) is 1. The van der Waals surface area contributed by atoms with E-state index in [2.05, 4.69) is 20.8 Å². The van der Waals surface area contributed by atoms with Crippen LogP contribution in [0.1, 0.15) is 153 Å². The number of hydrogen-bond acceptors (Lipinski definition) is 16. The molecule has 2 saturated heterocycles. The number of primary sulfonamides is 1. The monoisotopic (exact) mass is 1530 g/mol. The second kappa shape index (κ2) is 30.6. The Morgan fingerprint density at radius 1 is 0.604 bits per heavy atom. The number of para-hydroxylation sites is 2. The van der Waals surface area contributed by atoms with Crippen LogP contribution in [0.2, 0.25) is 20.1 Å². The Labute approximate surface area is 617 Å². The maximum Gasteiger partial charge on any atom is 0.310 e. The van der Waals surface area contributed by atoms with Crippen molar-refractivity contribution in [3.8, 4) is 10.4 Å². The number of aromatic nitrogens is 2. The average molecular weight is 1540 g/mol. The van der Waals surface area contributed by atoms with Crippen LogP contribution in [0.25, 0.3) is 20.4 Å². The number of sulfonamides is 2. The van der Waals surface area contributed by atoms with Gasteiger partial charge in [0.2, 0.25) is 37.8 Å². The summed E-state index contributed by atoms with van der Waals surface area (Å²) in [5.41, 5.74) is 1.05. The number of aliphatic carboxylic acids is 1. The van der Waals surface area contributed by atoms with Gasteiger partial charge < -0.3 is 24.4 Å². The number of carboxylic acid groups (broad SMARTS) is 1. The molecule has 4 aromatic carbocycles. The smallest absolute Gasteiger partial charge is 0.310 e. The van der Waals surface area contributed by atoms with E-state index in [-0.39, 0.29) is 73.5 Å².